The lowest BCUT2D eigenvalue weighted by molar-refractivity contribution is -0.148. The van der Waals surface area contributed by atoms with Crippen LogP contribution in [0.15, 0.2) is 0 Å². The number of likely N-dealkylation sites (tertiary alicyclic amines) is 1. The maximum absolute atomic E-state index is 12.0. The third kappa shape index (κ3) is 3.46. The first-order valence-electron chi connectivity index (χ1n) is 7.20. The lowest BCUT2D eigenvalue weighted by Gasteiger charge is -2.32. The molecule has 0 radical (unpaired) electrons. The Bertz CT molecular complexity index is 333. The minimum absolute atomic E-state index is 0.259. The lowest BCUT2D eigenvalue weighted by atomic mass is 9.93. The van der Waals surface area contributed by atoms with Crippen molar-refractivity contribution in [2.75, 3.05) is 47.4 Å². The normalized spacial score (nSPS) is 27.5. The summed E-state index contributed by atoms with van der Waals surface area (Å²) in [5, 5.41) is 0. The van der Waals surface area contributed by atoms with Crippen LogP contribution in [0.2, 0.25) is 0 Å². The predicted octanol–water partition coefficient (Wildman–Crippen LogP) is 0.150. The summed E-state index contributed by atoms with van der Waals surface area (Å²) in [5.41, 5.74) is 5.52. The van der Waals surface area contributed by atoms with Crippen LogP contribution in [0.4, 0.5) is 0 Å². The van der Waals surface area contributed by atoms with E-state index < -0.39 is 5.54 Å². The Labute approximate surface area is 116 Å². The molecule has 0 amide bonds. The standard InChI is InChI=1S/C14H27N3O2/c1-16-7-6-11(8-16)9-17(2)10-14(15,12-4-5-12)13(18)19-3/h11-12H,4-10,15H2,1-3H3. The largest absolute Gasteiger partial charge is 0.468 e. The van der Waals surface area contributed by atoms with E-state index in [1.54, 1.807) is 0 Å². The van der Waals surface area contributed by atoms with Crippen LogP contribution in [0, 0.1) is 11.8 Å². The van der Waals surface area contributed by atoms with E-state index in [9.17, 15) is 4.79 Å². The molecular formula is C14H27N3O2. The molecule has 1 saturated heterocycles. The zero-order valence-corrected chi connectivity index (χ0v) is 12.4. The highest BCUT2D eigenvalue weighted by molar-refractivity contribution is 5.81. The van der Waals surface area contributed by atoms with E-state index >= 15 is 0 Å². The molecule has 2 N–H and O–H groups in total. The van der Waals surface area contributed by atoms with Crippen LogP contribution in [-0.4, -0.2) is 68.7 Å². The number of carbonyl (C=O) groups excluding carboxylic acids is 1. The van der Waals surface area contributed by atoms with Crippen LogP contribution < -0.4 is 5.73 Å². The first-order valence-corrected chi connectivity index (χ1v) is 7.20. The van der Waals surface area contributed by atoms with Gasteiger partial charge in [-0.05, 0) is 51.7 Å². The Kier molecular flexibility index (Phi) is 4.48. The fourth-order valence-electron chi connectivity index (χ4n) is 3.28. The summed E-state index contributed by atoms with van der Waals surface area (Å²) in [4.78, 5) is 16.5. The number of methoxy groups -OCH3 is 1. The van der Waals surface area contributed by atoms with Gasteiger partial charge in [0.2, 0.25) is 0 Å². The number of carbonyl (C=O) groups is 1. The van der Waals surface area contributed by atoms with Gasteiger partial charge in [0.1, 0.15) is 5.54 Å². The monoisotopic (exact) mass is 269 g/mol. The van der Waals surface area contributed by atoms with E-state index in [0.29, 0.717) is 18.4 Å². The van der Waals surface area contributed by atoms with Gasteiger partial charge in [0.15, 0.2) is 0 Å². The number of rotatable bonds is 6. The Morgan fingerprint density at radius 1 is 1.47 bits per heavy atom. The Morgan fingerprint density at radius 2 is 2.16 bits per heavy atom. The summed E-state index contributed by atoms with van der Waals surface area (Å²) >= 11 is 0. The first kappa shape index (κ1) is 14.8. The summed E-state index contributed by atoms with van der Waals surface area (Å²) in [5.74, 6) is 0.732. The molecule has 2 fully saturated rings. The summed E-state index contributed by atoms with van der Waals surface area (Å²) in [6.45, 7) is 3.92. The molecular weight excluding hydrogens is 242 g/mol. The number of likely N-dealkylation sites (N-methyl/N-ethyl adjacent to an activating group) is 1. The van der Waals surface area contributed by atoms with Crippen molar-refractivity contribution in [3.63, 3.8) is 0 Å². The van der Waals surface area contributed by atoms with Gasteiger partial charge in [-0.2, -0.15) is 0 Å². The minimum atomic E-state index is -0.812. The second-order valence-corrected chi connectivity index (χ2v) is 6.42. The molecule has 5 nitrogen and oxygen atoms in total. The predicted molar refractivity (Wildman–Crippen MR) is 74.8 cm³/mol. The first-order chi connectivity index (χ1) is 8.95. The fraction of sp³-hybridized carbons (Fsp3) is 0.929. The molecule has 110 valence electrons. The molecule has 2 rings (SSSR count). The highest BCUT2D eigenvalue weighted by Gasteiger charge is 2.49. The number of esters is 1. The molecule has 0 aromatic rings. The average molecular weight is 269 g/mol. The molecule has 1 aliphatic heterocycles. The topological polar surface area (TPSA) is 58.8 Å². The molecule has 1 aliphatic carbocycles. The van der Waals surface area contributed by atoms with E-state index in [1.165, 1.54) is 20.1 Å². The van der Waals surface area contributed by atoms with E-state index in [2.05, 4.69) is 23.9 Å². The second-order valence-electron chi connectivity index (χ2n) is 6.42. The number of hydrogen-bond acceptors (Lipinski definition) is 5. The van der Waals surface area contributed by atoms with E-state index in [-0.39, 0.29) is 5.97 Å². The SMILES string of the molecule is COC(=O)C(N)(CN(C)CC1CCN(C)C1)C1CC1. The van der Waals surface area contributed by atoms with Crippen molar-refractivity contribution in [1.82, 2.24) is 9.80 Å². The van der Waals surface area contributed by atoms with Crippen molar-refractivity contribution < 1.29 is 9.53 Å². The number of hydrogen-bond donors (Lipinski definition) is 1. The van der Waals surface area contributed by atoms with Gasteiger partial charge in [0.05, 0.1) is 7.11 Å². The van der Waals surface area contributed by atoms with Gasteiger partial charge in [0, 0.05) is 19.6 Å². The summed E-state index contributed by atoms with van der Waals surface area (Å²) in [6, 6.07) is 0. The lowest BCUT2D eigenvalue weighted by Crippen LogP contribution is -2.58. The Balaban J connectivity index is 1.88. The van der Waals surface area contributed by atoms with E-state index in [0.717, 1.165) is 25.9 Å². The third-order valence-electron chi connectivity index (χ3n) is 4.46. The van der Waals surface area contributed by atoms with Gasteiger partial charge in [-0.1, -0.05) is 0 Å². The van der Waals surface area contributed by atoms with Gasteiger partial charge in [0.25, 0.3) is 0 Å². The third-order valence-corrected chi connectivity index (χ3v) is 4.46. The van der Waals surface area contributed by atoms with Gasteiger partial charge in [-0.15, -0.1) is 0 Å². The van der Waals surface area contributed by atoms with Crippen molar-refractivity contribution in [3.05, 3.63) is 0 Å². The zero-order chi connectivity index (χ0) is 14.0. The fourth-order valence-corrected chi connectivity index (χ4v) is 3.28. The highest BCUT2D eigenvalue weighted by Crippen LogP contribution is 2.39. The molecule has 2 unspecified atom stereocenters. The van der Waals surface area contributed by atoms with Crippen LogP contribution in [0.3, 0.4) is 0 Å². The number of ether oxygens (including phenoxy) is 1. The van der Waals surface area contributed by atoms with E-state index in [4.69, 9.17) is 10.5 Å². The Hall–Kier alpha value is -0.650. The zero-order valence-electron chi connectivity index (χ0n) is 12.4. The molecule has 5 heteroatoms. The van der Waals surface area contributed by atoms with Crippen molar-refractivity contribution in [2.45, 2.75) is 24.8 Å². The van der Waals surface area contributed by atoms with Gasteiger partial charge >= 0.3 is 5.97 Å². The molecule has 0 aromatic heterocycles. The molecule has 0 spiro atoms. The van der Waals surface area contributed by atoms with Crippen molar-refractivity contribution in [3.8, 4) is 0 Å². The van der Waals surface area contributed by atoms with Crippen LogP contribution in [0.5, 0.6) is 0 Å². The van der Waals surface area contributed by atoms with Crippen LogP contribution in [-0.2, 0) is 9.53 Å². The summed E-state index contributed by atoms with van der Waals surface area (Å²) in [6.07, 6.45) is 3.33. The molecule has 1 heterocycles. The molecule has 0 bridgehead atoms. The number of nitrogens with two attached hydrogens (primary N) is 1. The smallest absolute Gasteiger partial charge is 0.327 e. The van der Waals surface area contributed by atoms with Crippen LogP contribution in [0.1, 0.15) is 19.3 Å². The van der Waals surface area contributed by atoms with Crippen LogP contribution in [0.25, 0.3) is 0 Å². The minimum Gasteiger partial charge on any atom is -0.468 e. The van der Waals surface area contributed by atoms with E-state index in [1.807, 2.05) is 0 Å². The molecule has 1 saturated carbocycles. The van der Waals surface area contributed by atoms with Gasteiger partial charge in [-0.3, -0.25) is 4.79 Å². The van der Waals surface area contributed by atoms with Crippen LogP contribution >= 0.6 is 0 Å². The maximum Gasteiger partial charge on any atom is 0.327 e. The highest BCUT2D eigenvalue weighted by atomic mass is 16.5. The summed E-state index contributed by atoms with van der Waals surface area (Å²) < 4.78 is 4.91. The molecule has 19 heavy (non-hydrogen) atoms. The molecule has 2 aliphatic rings. The van der Waals surface area contributed by atoms with Crippen molar-refractivity contribution in [2.24, 2.45) is 17.6 Å². The quantitative estimate of drug-likeness (QED) is 0.696. The second kappa shape index (κ2) is 5.77. The van der Waals surface area contributed by atoms with Crippen molar-refractivity contribution in [1.29, 1.82) is 0 Å². The number of nitrogens with zero attached hydrogens (tertiary/aromatic N) is 2. The average Bonchev–Trinajstić information content (AvgIpc) is 3.13. The van der Waals surface area contributed by atoms with Crippen molar-refractivity contribution >= 4 is 5.97 Å². The molecule has 0 aromatic carbocycles. The Morgan fingerprint density at radius 3 is 2.63 bits per heavy atom. The summed E-state index contributed by atoms with van der Waals surface area (Å²) in [7, 11) is 5.65. The maximum atomic E-state index is 12.0. The van der Waals surface area contributed by atoms with Gasteiger partial charge in [-0.25, -0.2) is 0 Å². The molecule has 2 atom stereocenters. The van der Waals surface area contributed by atoms with Gasteiger partial charge < -0.3 is 20.3 Å².